The average molecular weight is 316 g/mol. The molecule has 2 amide bonds. The van der Waals surface area contributed by atoms with Gasteiger partial charge in [0.15, 0.2) is 0 Å². The number of aliphatic carboxylic acids is 1. The first kappa shape index (κ1) is 18.1. The van der Waals surface area contributed by atoms with E-state index in [0.29, 0.717) is 13.0 Å². The molecule has 0 aromatic carbocycles. The highest BCUT2D eigenvalue weighted by molar-refractivity contribution is 8.00. The zero-order chi connectivity index (χ0) is 16.1. The number of rotatable bonds is 7. The molecule has 3 N–H and O–H groups in total. The van der Waals surface area contributed by atoms with Gasteiger partial charge in [0, 0.05) is 17.8 Å². The first-order valence-corrected chi connectivity index (χ1v) is 8.70. The minimum Gasteiger partial charge on any atom is -0.481 e. The molecular formula is C15H28N2O3S. The van der Waals surface area contributed by atoms with Gasteiger partial charge in [0.05, 0.1) is 5.92 Å². The molecule has 0 aromatic rings. The van der Waals surface area contributed by atoms with Gasteiger partial charge in [-0.3, -0.25) is 4.79 Å². The number of amides is 2. The van der Waals surface area contributed by atoms with Crippen LogP contribution >= 0.6 is 11.8 Å². The van der Waals surface area contributed by atoms with Crippen LogP contribution in [-0.4, -0.2) is 41.2 Å². The van der Waals surface area contributed by atoms with Crippen molar-refractivity contribution in [3.63, 3.8) is 0 Å². The Balaban J connectivity index is 2.34. The Labute approximate surface area is 131 Å². The van der Waals surface area contributed by atoms with Crippen LogP contribution in [0.5, 0.6) is 0 Å². The number of carbonyl (C=O) groups excluding carboxylic acids is 1. The molecule has 1 rings (SSSR count). The highest BCUT2D eigenvalue weighted by atomic mass is 32.2. The van der Waals surface area contributed by atoms with Gasteiger partial charge < -0.3 is 15.7 Å². The molecule has 6 heteroatoms. The van der Waals surface area contributed by atoms with E-state index in [4.69, 9.17) is 0 Å². The Kier molecular flexibility index (Phi) is 6.38. The van der Waals surface area contributed by atoms with Gasteiger partial charge in [0.1, 0.15) is 0 Å². The molecule has 1 fully saturated rings. The molecule has 1 atom stereocenters. The van der Waals surface area contributed by atoms with Gasteiger partial charge >= 0.3 is 12.0 Å². The van der Waals surface area contributed by atoms with Crippen molar-refractivity contribution < 1.29 is 14.7 Å². The first-order chi connectivity index (χ1) is 9.67. The van der Waals surface area contributed by atoms with E-state index < -0.39 is 11.9 Å². The summed E-state index contributed by atoms with van der Waals surface area (Å²) < 4.78 is 0.189. The lowest BCUT2D eigenvalue weighted by Crippen LogP contribution is -2.49. The van der Waals surface area contributed by atoms with Gasteiger partial charge in [-0.15, -0.1) is 0 Å². The van der Waals surface area contributed by atoms with E-state index in [1.54, 1.807) is 11.8 Å². The van der Waals surface area contributed by atoms with Crippen LogP contribution < -0.4 is 10.6 Å². The summed E-state index contributed by atoms with van der Waals surface area (Å²) >= 11 is 1.80. The average Bonchev–Trinajstić information content (AvgIpc) is 2.32. The molecule has 0 spiro atoms. The Hall–Kier alpha value is -0.910. The summed E-state index contributed by atoms with van der Waals surface area (Å²) in [6, 6.07) is -0.268. The maximum atomic E-state index is 11.8. The third-order valence-corrected chi connectivity index (χ3v) is 5.40. The zero-order valence-electron chi connectivity index (χ0n) is 13.5. The molecule has 0 bridgehead atoms. The fourth-order valence-corrected chi connectivity index (χ4v) is 3.44. The molecule has 5 nitrogen and oxygen atoms in total. The fourth-order valence-electron chi connectivity index (χ4n) is 2.53. The van der Waals surface area contributed by atoms with Crippen LogP contribution in [0.1, 0.15) is 46.5 Å². The number of nitrogens with one attached hydrogen (secondary N) is 2. The number of hydrogen-bond acceptors (Lipinski definition) is 3. The van der Waals surface area contributed by atoms with E-state index in [2.05, 4.69) is 16.9 Å². The molecule has 0 aromatic heterocycles. The van der Waals surface area contributed by atoms with Crippen LogP contribution in [0, 0.1) is 11.3 Å². The third kappa shape index (κ3) is 6.16. The first-order valence-electron chi connectivity index (χ1n) is 7.47. The van der Waals surface area contributed by atoms with Gasteiger partial charge in [0.2, 0.25) is 0 Å². The van der Waals surface area contributed by atoms with Crippen LogP contribution in [-0.2, 0) is 4.79 Å². The molecule has 1 aliphatic rings. The SMILES string of the molecule is CSC1(CNC(=O)NCC(CC(C)(C)C)C(=O)O)CCC1. The van der Waals surface area contributed by atoms with Crippen molar-refractivity contribution in [2.45, 2.75) is 51.2 Å². The van der Waals surface area contributed by atoms with Crippen LogP contribution in [0.25, 0.3) is 0 Å². The minimum atomic E-state index is -0.857. The van der Waals surface area contributed by atoms with Crippen LogP contribution in [0.4, 0.5) is 4.79 Å². The highest BCUT2D eigenvalue weighted by Crippen LogP contribution is 2.42. The van der Waals surface area contributed by atoms with Crippen molar-refractivity contribution in [3.05, 3.63) is 0 Å². The summed E-state index contributed by atoms with van der Waals surface area (Å²) in [5.74, 6) is -1.40. The standard InChI is InChI=1S/C15H28N2O3S/c1-14(2,3)8-11(12(18)19)9-16-13(20)17-10-15(21-4)6-5-7-15/h11H,5-10H2,1-4H3,(H,18,19)(H2,16,17,20). The van der Waals surface area contributed by atoms with Gasteiger partial charge in [0.25, 0.3) is 0 Å². The maximum absolute atomic E-state index is 11.8. The second-order valence-corrected chi connectivity index (χ2v) is 8.38. The number of carboxylic acids is 1. The summed E-state index contributed by atoms with van der Waals surface area (Å²) in [6.45, 7) is 6.83. The number of thioether (sulfide) groups is 1. The van der Waals surface area contributed by atoms with Gasteiger partial charge in [-0.25, -0.2) is 4.79 Å². The van der Waals surface area contributed by atoms with Crippen molar-refractivity contribution in [1.82, 2.24) is 10.6 Å². The molecule has 1 saturated carbocycles. The summed E-state index contributed by atoms with van der Waals surface area (Å²) in [4.78, 5) is 23.0. The van der Waals surface area contributed by atoms with Crippen molar-refractivity contribution in [3.8, 4) is 0 Å². The largest absolute Gasteiger partial charge is 0.481 e. The molecule has 122 valence electrons. The second-order valence-electron chi connectivity index (χ2n) is 7.10. The molecule has 21 heavy (non-hydrogen) atoms. The minimum absolute atomic E-state index is 0.0734. The van der Waals surface area contributed by atoms with Crippen molar-refractivity contribution in [1.29, 1.82) is 0 Å². The lowest BCUT2D eigenvalue weighted by atomic mass is 9.84. The monoisotopic (exact) mass is 316 g/mol. The van der Waals surface area contributed by atoms with Crippen molar-refractivity contribution >= 4 is 23.8 Å². The lowest BCUT2D eigenvalue weighted by molar-refractivity contribution is -0.142. The molecule has 0 radical (unpaired) electrons. The summed E-state index contributed by atoms with van der Waals surface area (Å²) in [5, 5.41) is 14.8. The zero-order valence-corrected chi connectivity index (χ0v) is 14.3. The summed E-state index contributed by atoms with van der Waals surface area (Å²) in [5.41, 5.74) is -0.0734. The topological polar surface area (TPSA) is 78.4 Å². The quantitative estimate of drug-likeness (QED) is 0.675. The summed E-state index contributed by atoms with van der Waals surface area (Å²) in [7, 11) is 0. The van der Waals surface area contributed by atoms with Gasteiger partial charge in [-0.05, 0) is 30.9 Å². The maximum Gasteiger partial charge on any atom is 0.314 e. The molecule has 0 saturated heterocycles. The van der Waals surface area contributed by atoms with E-state index >= 15 is 0 Å². The number of carbonyl (C=O) groups is 2. The normalized spacial score (nSPS) is 18.5. The molecule has 0 heterocycles. The van der Waals surface area contributed by atoms with Crippen molar-refractivity contribution in [2.75, 3.05) is 19.3 Å². The second kappa shape index (κ2) is 7.38. The van der Waals surface area contributed by atoms with Crippen LogP contribution in [0.15, 0.2) is 0 Å². The van der Waals surface area contributed by atoms with Crippen LogP contribution in [0.2, 0.25) is 0 Å². The Morgan fingerprint density at radius 3 is 2.29 bits per heavy atom. The predicted molar refractivity (Wildman–Crippen MR) is 86.7 cm³/mol. The number of carboxylic acid groups (broad SMARTS) is 1. The van der Waals surface area contributed by atoms with Crippen LogP contribution in [0.3, 0.4) is 0 Å². The Morgan fingerprint density at radius 2 is 1.90 bits per heavy atom. The van der Waals surface area contributed by atoms with E-state index in [-0.39, 0.29) is 22.7 Å². The number of urea groups is 1. The van der Waals surface area contributed by atoms with E-state index in [9.17, 15) is 14.7 Å². The van der Waals surface area contributed by atoms with E-state index in [1.807, 2.05) is 20.8 Å². The summed E-state index contributed by atoms with van der Waals surface area (Å²) in [6.07, 6.45) is 6.10. The Bertz CT molecular complexity index is 370. The lowest BCUT2D eigenvalue weighted by Gasteiger charge is -2.40. The highest BCUT2D eigenvalue weighted by Gasteiger charge is 2.36. The van der Waals surface area contributed by atoms with E-state index in [1.165, 1.54) is 6.42 Å². The number of hydrogen-bond donors (Lipinski definition) is 3. The van der Waals surface area contributed by atoms with Crippen molar-refractivity contribution in [2.24, 2.45) is 11.3 Å². The van der Waals surface area contributed by atoms with Gasteiger partial charge in [-0.1, -0.05) is 27.2 Å². The van der Waals surface area contributed by atoms with Gasteiger partial charge in [-0.2, -0.15) is 11.8 Å². The van der Waals surface area contributed by atoms with E-state index in [0.717, 1.165) is 12.8 Å². The predicted octanol–water partition coefficient (Wildman–Crippen LogP) is 2.71. The Morgan fingerprint density at radius 1 is 1.29 bits per heavy atom. The molecule has 0 aliphatic heterocycles. The smallest absolute Gasteiger partial charge is 0.314 e. The molecular weight excluding hydrogens is 288 g/mol. The molecule has 1 unspecified atom stereocenters. The fraction of sp³-hybridized carbons (Fsp3) is 0.867. The molecule has 1 aliphatic carbocycles. The third-order valence-electron chi connectivity index (χ3n) is 3.99.